The second kappa shape index (κ2) is 10.7. The van der Waals surface area contributed by atoms with Crippen molar-refractivity contribution >= 4 is 52.7 Å². The Morgan fingerprint density at radius 2 is 1.85 bits per heavy atom. The summed E-state index contributed by atoms with van der Waals surface area (Å²) in [7, 11) is 1.25. The maximum atomic E-state index is 13.8. The number of anilines is 3. The first-order chi connectivity index (χ1) is 17.9. The monoisotopic (exact) mass is 570 g/mol. The molecule has 1 aliphatic heterocycles. The van der Waals surface area contributed by atoms with Gasteiger partial charge in [0, 0.05) is 19.2 Å². The molecule has 0 aliphatic carbocycles. The minimum Gasteiger partial charge on any atom is -0.481 e. The number of nitrogens with one attached hydrogen (secondary N) is 1. The van der Waals surface area contributed by atoms with Gasteiger partial charge in [0.2, 0.25) is 5.91 Å². The Hall–Kier alpha value is -3.87. The van der Waals surface area contributed by atoms with Crippen LogP contribution in [0.4, 0.5) is 35.2 Å². The number of aryl methyl sites for hydroxylation is 1. The summed E-state index contributed by atoms with van der Waals surface area (Å²) in [5.74, 6) is -5.45. The molecular weight excluding hydrogens is 545 g/mol. The molecule has 210 valence electrons. The van der Waals surface area contributed by atoms with Crippen LogP contribution < -0.4 is 15.1 Å². The Bertz CT molecular complexity index is 1330. The third-order valence-corrected chi connectivity index (χ3v) is 6.03. The SMILES string of the molecule is Cc1cc(C(F)(F)F)cc(N2C(=O)C[C@H](C(=O)O)[C@H]2C(=O)N(C)c2cccc(Cl)c2NC(=O)OC(C)(C)C)n1. The predicted octanol–water partition coefficient (Wildman–Crippen LogP) is 4.88. The smallest absolute Gasteiger partial charge is 0.416 e. The molecule has 1 aromatic carbocycles. The van der Waals surface area contributed by atoms with Crippen LogP contribution in [-0.2, 0) is 25.3 Å². The molecule has 2 N–H and O–H groups in total. The van der Waals surface area contributed by atoms with Crippen LogP contribution in [0.5, 0.6) is 0 Å². The zero-order chi connectivity index (χ0) is 29.4. The number of nitrogens with zero attached hydrogens (tertiary/aromatic N) is 3. The van der Waals surface area contributed by atoms with E-state index >= 15 is 0 Å². The number of para-hydroxylation sites is 1. The van der Waals surface area contributed by atoms with E-state index in [-0.39, 0.29) is 22.1 Å². The summed E-state index contributed by atoms with van der Waals surface area (Å²) in [5, 5.41) is 12.3. The standard InChI is InChI=1S/C25H26ClF3N4O6/c1-12-9-13(25(27,28)29)10-17(30-12)33-18(34)11-14(22(36)37)20(33)21(35)32(5)16-8-6-7-15(26)19(16)31-23(38)39-24(2,3)4/h6-10,14,20H,11H2,1-5H3,(H,31,38)(H,36,37)/t14-,20-/m0/s1. The molecule has 0 spiro atoms. The number of carbonyl (C=O) groups excluding carboxylic acids is 3. The Balaban J connectivity index is 2.07. The number of hydrogen-bond donors (Lipinski definition) is 2. The topological polar surface area (TPSA) is 129 Å². The highest BCUT2D eigenvalue weighted by Gasteiger charge is 2.51. The van der Waals surface area contributed by atoms with Crippen molar-refractivity contribution in [2.45, 2.75) is 51.9 Å². The zero-order valence-corrected chi connectivity index (χ0v) is 22.3. The number of hydrogen-bond acceptors (Lipinski definition) is 6. The van der Waals surface area contributed by atoms with Gasteiger partial charge in [0.25, 0.3) is 5.91 Å². The van der Waals surface area contributed by atoms with Gasteiger partial charge >= 0.3 is 18.2 Å². The number of aromatic nitrogens is 1. The van der Waals surface area contributed by atoms with Crippen molar-refractivity contribution in [2.75, 3.05) is 22.2 Å². The van der Waals surface area contributed by atoms with Gasteiger partial charge in [-0.2, -0.15) is 13.2 Å². The maximum absolute atomic E-state index is 13.8. The van der Waals surface area contributed by atoms with Gasteiger partial charge in [0.1, 0.15) is 17.5 Å². The normalized spacial score (nSPS) is 17.7. The lowest BCUT2D eigenvalue weighted by molar-refractivity contribution is -0.144. The first-order valence-electron chi connectivity index (χ1n) is 11.6. The van der Waals surface area contributed by atoms with E-state index in [4.69, 9.17) is 16.3 Å². The molecule has 39 heavy (non-hydrogen) atoms. The number of carbonyl (C=O) groups is 4. The summed E-state index contributed by atoms with van der Waals surface area (Å²) < 4.78 is 45.7. The van der Waals surface area contributed by atoms with E-state index in [1.807, 2.05) is 0 Å². The van der Waals surface area contributed by atoms with Crippen molar-refractivity contribution in [1.82, 2.24) is 4.98 Å². The highest BCUT2D eigenvalue weighted by atomic mass is 35.5. The molecule has 14 heteroatoms. The first-order valence-corrected chi connectivity index (χ1v) is 12.0. The average Bonchev–Trinajstić information content (AvgIpc) is 3.14. The fourth-order valence-electron chi connectivity index (χ4n) is 4.09. The molecule has 1 fully saturated rings. The van der Waals surface area contributed by atoms with Crippen LogP contribution in [0.3, 0.4) is 0 Å². The molecule has 0 radical (unpaired) electrons. The molecule has 0 unspecified atom stereocenters. The van der Waals surface area contributed by atoms with Gasteiger partial charge in [0.15, 0.2) is 0 Å². The van der Waals surface area contributed by atoms with Crippen LogP contribution in [0.15, 0.2) is 30.3 Å². The first kappa shape index (κ1) is 29.7. The van der Waals surface area contributed by atoms with E-state index in [9.17, 15) is 37.5 Å². The lowest BCUT2D eigenvalue weighted by Gasteiger charge is -2.31. The molecule has 2 aromatic rings. The van der Waals surface area contributed by atoms with Crippen LogP contribution in [0.1, 0.15) is 38.4 Å². The molecule has 1 aromatic heterocycles. The third-order valence-electron chi connectivity index (χ3n) is 5.72. The molecule has 1 aliphatic rings. The minimum absolute atomic E-state index is 0.0160. The van der Waals surface area contributed by atoms with Crippen molar-refractivity contribution in [3.63, 3.8) is 0 Å². The molecule has 10 nitrogen and oxygen atoms in total. The third kappa shape index (κ3) is 6.59. The molecule has 2 atom stereocenters. The van der Waals surface area contributed by atoms with Crippen LogP contribution in [0.2, 0.25) is 5.02 Å². The van der Waals surface area contributed by atoms with E-state index < -0.39 is 65.4 Å². The fraction of sp³-hybridized carbons (Fsp3) is 0.400. The number of pyridine rings is 1. The number of carboxylic acids is 1. The lowest BCUT2D eigenvalue weighted by atomic mass is 9.99. The molecule has 0 bridgehead atoms. The van der Waals surface area contributed by atoms with Crippen molar-refractivity contribution in [3.05, 3.63) is 46.6 Å². The van der Waals surface area contributed by atoms with Crippen LogP contribution >= 0.6 is 11.6 Å². The van der Waals surface area contributed by atoms with Crippen LogP contribution in [0, 0.1) is 12.8 Å². The van der Waals surface area contributed by atoms with Crippen molar-refractivity contribution in [3.8, 4) is 0 Å². The van der Waals surface area contributed by atoms with Crippen molar-refractivity contribution in [1.29, 1.82) is 0 Å². The van der Waals surface area contributed by atoms with Gasteiger partial charge in [-0.15, -0.1) is 0 Å². The number of carboxylic acid groups (broad SMARTS) is 1. The van der Waals surface area contributed by atoms with E-state index in [0.717, 1.165) is 11.0 Å². The van der Waals surface area contributed by atoms with Crippen molar-refractivity contribution < 1.29 is 42.2 Å². The summed E-state index contributed by atoms with van der Waals surface area (Å²) in [6.45, 7) is 6.18. The second-order valence-corrected chi connectivity index (χ2v) is 10.3. The van der Waals surface area contributed by atoms with Gasteiger partial charge in [-0.3, -0.25) is 24.6 Å². The van der Waals surface area contributed by atoms with Crippen molar-refractivity contribution in [2.24, 2.45) is 5.92 Å². The summed E-state index contributed by atoms with van der Waals surface area (Å²) in [6, 6.07) is 3.90. The number of rotatable bonds is 5. The molecule has 3 amide bonds. The number of benzene rings is 1. The average molecular weight is 571 g/mol. The molecule has 2 heterocycles. The predicted molar refractivity (Wildman–Crippen MR) is 136 cm³/mol. The molecule has 0 saturated carbocycles. The molecule has 1 saturated heterocycles. The van der Waals surface area contributed by atoms with E-state index in [0.29, 0.717) is 11.0 Å². The highest BCUT2D eigenvalue weighted by molar-refractivity contribution is 6.34. The van der Waals surface area contributed by atoms with Crippen LogP contribution in [-0.4, -0.2) is 52.7 Å². The van der Waals surface area contributed by atoms with E-state index in [2.05, 4.69) is 10.3 Å². The maximum Gasteiger partial charge on any atom is 0.416 e. The Morgan fingerprint density at radius 3 is 2.41 bits per heavy atom. The lowest BCUT2D eigenvalue weighted by Crippen LogP contribution is -2.50. The molecule has 3 rings (SSSR count). The van der Waals surface area contributed by atoms with E-state index in [1.165, 1.54) is 32.2 Å². The number of aliphatic carboxylic acids is 1. The summed E-state index contributed by atoms with van der Waals surface area (Å²) >= 11 is 6.27. The fourth-order valence-corrected chi connectivity index (χ4v) is 4.30. The Labute approximate surface area is 226 Å². The number of ether oxygens (including phenoxy) is 1. The largest absolute Gasteiger partial charge is 0.481 e. The summed E-state index contributed by atoms with van der Waals surface area (Å²) in [4.78, 5) is 56.8. The van der Waals surface area contributed by atoms with Gasteiger partial charge in [-0.25, -0.2) is 9.78 Å². The summed E-state index contributed by atoms with van der Waals surface area (Å²) in [6.07, 6.45) is -6.31. The van der Waals surface area contributed by atoms with Crippen LogP contribution in [0.25, 0.3) is 0 Å². The van der Waals surface area contributed by atoms with E-state index in [1.54, 1.807) is 20.8 Å². The number of likely N-dealkylation sites (N-methyl/N-ethyl adjacent to an activating group) is 1. The number of halogens is 4. The highest BCUT2D eigenvalue weighted by Crippen LogP contribution is 2.38. The minimum atomic E-state index is -4.78. The molecular formula is C25H26ClF3N4O6. The summed E-state index contributed by atoms with van der Waals surface area (Å²) in [5.41, 5.74) is -2.09. The van der Waals surface area contributed by atoms with Gasteiger partial charge in [0.05, 0.1) is 27.9 Å². The van der Waals surface area contributed by atoms with Gasteiger partial charge < -0.3 is 14.7 Å². The second-order valence-electron chi connectivity index (χ2n) is 9.87. The van der Waals surface area contributed by atoms with Gasteiger partial charge in [-0.05, 0) is 52.0 Å². The number of alkyl halides is 3. The number of amides is 3. The zero-order valence-electron chi connectivity index (χ0n) is 21.6. The quantitative estimate of drug-likeness (QED) is 0.524. The Morgan fingerprint density at radius 1 is 1.21 bits per heavy atom. The Kier molecular flexibility index (Phi) is 8.15. The van der Waals surface area contributed by atoms with Gasteiger partial charge in [-0.1, -0.05) is 17.7 Å².